The molecule has 2 aliphatic heterocycles. The van der Waals surface area contributed by atoms with Gasteiger partial charge in [0.2, 0.25) is 5.91 Å². The molecule has 0 radical (unpaired) electrons. The number of carbonyl (C=O) groups is 2. The minimum atomic E-state index is -0.639. The molecule has 3 heterocycles. The van der Waals surface area contributed by atoms with Crippen molar-refractivity contribution in [2.24, 2.45) is 0 Å². The summed E-state index contributed by atoms with van der Waals surface area (Å²) in [6.45, 7) is 4.65. The van der Waals surface area contributed by atoms with Crippen LogP contribution in [-0.4, -0.2) is 34.7 Å². The topological polar surface area (TPSA) is 82.5 Å². The molecule has 1 atom stereocenters. The first kappa shape index (κ1) is 19.6. The van der Waals surface area contributed by atoms with Crippen LogP contribution in [0, 0.1) is 13.8 Å². The van der Waals surface area contributed by atoms with Gasteiger partial charge < -0.3 is 14.8 Å². The lowest BCUT2D eigenvalue weighted by atomic mass is 9.85. The average Bonchev–Trinajstić information content (AvgIpc) is 3.10. The predicted octanol–water partition coefficient (Wildman–Crippen LogP) is 4.22. The third-order valence-electron chi connectivity index (χ3n) is 5.71. The van der Waals surface area contributed by atoms with Gasteiger partial charge in [-0.3, -0.25) is 9.59 Å². The maximum atomic E-state index is 13.5. The molecule has 0 unspecified atom stereocenters. The summed E-state index contributed by atoms with van der Waals surface area (Å²) in [5.74, 6) is 0.641. The Hall–Kier alpha value is -3.32. The smallest absolute Gasteiger partial charge is 0.226 e. The Morgan fingerprint density at radius 2 is 1.94 bits per heavy atom. The van der Waals surface area contributed by atoms with E-state index in [1.54, 1.807) is 28.9 Å². The average molecular weight is 438 g/mol. The Morgan fingerprint density at radius 1 is 1.16 bits per heavy atom. The first-order chi connectivity index (χ1) is 14.9. The van der Waals surface area contributed by atoms with Crippen molar-refractivity contribution in [2.45, 2.75) is 26.2 Å². The lowest BCUT2D eigenvalue weighted by molar-refractivity contribution is -0.116. The predicted molar refractivity (Wildman–Crippen MR) is 116 cm³/mol. The summed E-state index contributed by atoms with van der Waals surface area (Å²) in [5, 5.41) is 8.15. The summed E-state index contributed by atoms with van der Waals surface area (Å²) in [5.41, 5.74) is 3.47. The molecule has 1 amide bonds. The number of hydrogen-bond acceptors (Lipinski definition) is 5. The Morgan fingerprint density at radius 3 is 2.74 bits per heavy atom. The van der Waals surface area contributed by atoms with Gasteiger partial charge in [0.05, 0.1) is 17.3 Å². The molecular formula is C23H20ClN3O4. The molecule has 1 aromatic heterocycles. The quantitative estimate of drug-likeness (QED) is 0.620. The Labute approximate surface area is 183 Å². The lowest BCUT2D eigenvalue weighted by Gasteiger charge is -2.24. The molecule has 3 aromatic rings. The summed E-state index contributed by atoms with van der Waals surface area (Å²) in [6.07, 6.45) is 0.0569. The molecule has 2 aromatic carbocycles. The number of amides is 1. The van der Waals surface area contributed by atoms with Gasteiger partial charge in [0.1, 0.15) is 19.0 Å². The number of ketones is 1. The number of anilines is 1. The first-order valence-electron chi connectivity index (χ1n) is 10.0. The van der Waals surface area contributed by atoms with Gasteiger partial charge >= 0.3 is 0 Å². The molecule has 31 heavy (non-hydrogen) atoms. The fourth-order valence-corrected chi connectivity index (χ4v) is 4.34. The number of Topliss-reactive ketones (excluding diaryl/α,β-unsaturated/α-hetero) is 1. The molecule has 7 nitrogen and oxygen atoms in total. The highest BCUT2D eigenvalue weighted by Gasteiger charge is 2.37. The number of hydrogen-bond donors (Lipinski definition) is 1. The second-order valence-electron chi connectivity index (χ2n) is 7.67. The molecule has 0 saturated heterocycles. The van der Waals surface area contributed by atoms with Gasteiger partial charge in [-0.05, 0) is 49.7 Å². The highest BCUT2D eigenvalue weighted by molar-refractivity contribution is 6.31. The zero-order chi connectivity index (χ0) is 21.7. The number of ether oxygens (including phenoxy) is 2. The Balaban J connectivity index is 1.59. The van der Waals surface area contributed by atoms with E-state index < -0.39 is 5.92 Å². The van der Waals surface area contributed by atoms with Crippen LogP contribution < -0.4 is 14.8 Å². The van der Waals surface area contributed by atoms with Gasteiger partial charge in [0.15, 0.2) is 17.3 Å². The minimum absolute atomic E-state index is 0.0569. The van der Waals surface area contributed by atoms with E-state index in [1.165, 1.54) is 0 Å². The first-order valence-corrected chi connectivity index (χ1v) is 10.4. The van der Waals surface area contributed by atoms with Crippen LogP contribution in [0.15, 0.2) is 36.4 Å². The zero-order valence-corrected chi connectivity index (χ0v) is 17.8. The van der Waals surface area contributed by atoms with E-state index in [0.717, 1.165) is 16.8 Å². The van der Waals surface area contributed by atoms with Crippen molar-refractivity contribution in [3.63, 3.8) is 0 Å². The van der Waals surface area contributed by atoms with E-state index in [9.17, 15) is 9.59 Å². The van der Waals surface area contributed by atoms with Gasteiger partial charge in [0, 0.05) is 22.6 Å². The van der Waals surface area contributed by atoms with Gasteiger partial charge in [-0.1, -0.05) is 17.7 Å². The molecule has 0 fully saturated rings. The monoisotopic (exact) mass is 437 g/mol. The van der Waals surface area contributed by atoms with E-state index in [4.69, 9.17) is 21.1 Å². The molecule has 0 aliphatic carbocycles. The third-order valence-corrected chi connectivity index (χ3v) is 6.12. The van der Waals surface area contributed by atoms with Crippen molar-refractivity contribution in [1.82, 2.24) is 9.78 Å². The molecule has 1 N–H and O–H groups in total. The van der Waals surface area contributed by atoms with Crippen molar-refractivity contribution in [2.75, 3.05) is 18.5 Å². The minimum Gasteiger partial charge on any atom is -0.486 e. The summed E-state index contributed by atoms with van der Waals surface area (Å²) in [4.78, 5) is 26.1. The Bertz CT molecular complexity index is 1230. The normalized spacial score (nSPS) is 17.1. The van der Waals surface area contributed by atoms with E-state index in [1.807, 2.05) is 26.0 Å². The second kappa shape index (κ2) is 7.42. The van der Waals surface area contributed by atoms with Crippen LogP contribution in [0.2, 0.25) is 5.02 Å². The molecule has 5 rings (SSSR count). The van der Waals surface area contributed by atoms with Crippen LogP contribution in [0.1, 0.15) is 39.5 Å². The number of aromatic nitrogens is 2. The third kappa shape index (κ3) is 3.25. The Kier molecular flexibility index (Phi) is 4.70. The van der Waals surface area contributed by atoms with Crippen molar-refractivity contribution in [3.05, 3.63) is 63.8 Å². The maximum Gasteiger partial charge on any atom is 0.226 e. The van der Waals surface area contributed by atoms with Crippen LogP contribution in [0.3, 0.4) is 0 Å². The fraction of sp³-hybridized carbons (Fsp3) is 0.261. The van der Waals surface area contributed by atoms with E-state index in [0.29, 0.717) is 46.8 Å². The molecule has 158 valence electrons. The number of aryl methyl sites for hydroxylation is 1. The largest absolute Gasteiger partial charge is 0.486 e. The van der Waals surface area contributed by atoms with Crippen molar-refractivity contribution in [1.29, 1.82) is 0 Å². The molecular weight excluding hydrogens is 418 g/mol. The number of rotatable bonds is 3. The molecule has 2 aliphatic rings. The van der Waals surface area contributed by atoms with Gasteiger partial charge in [-0.15, -0.1) is 0 Å². The summed E-state index contributed by atoms with van der Waals surface area (Å²) in [6, 6.07) is 10.6. The van der Waals surface area contributed by atoms with E-state index in [-0.39, 0.29) is 18.1 Å². The number of halogens is 1. The van der Waals surface area contributed by atoms with E-state index >= 15 is 0 Å². The summed E-state index contributed by atoms with van der Waals surface area (Å²) >= 11 is 6.29. The van der Waals surface area contributed by atoms with Crippen LogP contribution >= 0.6 is 11.6 Å². The number of carbonyl (C=O) groups excluding carboxylic acids is 2. The van der Waals surface area contributed by atoms with Gasteiger partial charge in [-0.25, -0.2) is 4.68 Å². The van der Waals surface area contributed by atoms with Crippen molar-refractivity contribution in [3.8, 4) is 17.2 Å². The van der Waals surface area contributed by atoms with Gasteiger partial charge in [-0.2, -0.15) is 5.10 Å². The zero-order valence-electron chi connectivity index (χ0n) is 17.1. The fourth-order valence-electron chi connectivity index (χ4n) is 4.17. The lowest BCUT2D eigenvalue weighted by Crippen LogP contribution is -2.28. The van der Waals surface area contributed by atoms with Crippen LogP contribution in [-0.2, 0) is 4.79 Å². The number of nitrogens with one attached hydrogen (secondary N) is 1. The molecule has 0 saturated carbocycles. The van der Waals surface area contributed by atoms with Crippen molar-refractivity contribution >= 4 is 29.1 Å². The highest BCUT2D eigenvalue weighted by Crippen LogP contribution is 2.40. The van der Waals surface area contributed by atoms with Crippen LogP contribution in [0.25, 0.3) is 5.69 Å². The second-order valence-corrected chi connectivity index (χ2v) is 8.08. The van der Waals surface area contributed by atoms with Crippen LogP contribution in [0.4, 0.5) is 5.82 Å². The maximum absolute atomic E-state index is 13.5. The summed E-state index contributed by atoms with van der Waals surface area (Å²) < 4.78 is 12.8. The number of nitrogens with zero attached hydrogens (tertiary/aromatic N) is 2. The highest BCUT2D eigenvalue weighted by atomic mass is 35.5. The number of benzene rings is 2. The molecule has 8 heteroatoms. The molecule has 0 spiro atoms. The number of fused-ring (bicyclic) bond motifs is 2. The SMILES string of the molecule is Cc1nn(-c2cccc(Cl)c2C)c2c1[C@H](C(=O)c1ccc3c(c1)OCCO3)CC(=O)N2. The van der Waals surface area contributed by atoms with Crippen molar-refractivity contribution < 1.29 is 19.1 Å². The van der Waals surface area contributed by atoms with E-state index in [2.05, 4.69) is 10.4 Å². The standard InChI is InChI=1S/C23H20ClN3O4/c1-12-16(24)4-3-5-17(12)27-23-21(13(2)26-27)15(11-20(28)25-23)22(29)14-6-7-18-19(10-14)31-9-8-30-18/h3-7,10,15H,8-9,11H2,1-2H3,(H,25,28)/t15-/m1/s1. The molecule has 0 bridgehead atoms. The van der Waals surface area contributed by atoms with Crippen LogP contribution in [0.5, 0.6) is 11.5 Å². The van der Waals surface area contributed by atoms with Gasteiger partial charge in [0.25, 0.3) is 0 Å². The summed E-state index contributed by atoms with van der Waals surface area (Å²) in [7, 11) is 0.